The predicted octanol–water partition coefficient (Wildman–Crippen LogP) is 3.78. The molecule has 0 unspecified atom stereocenters. The van der Waals surface area contributed by atoms with E-state index in [9.17, 15) is 10.2 Å². The predicted molar refractivity (Wildman–Crippen MR) is 76.0 cm³/mol. The molecule has 0 aliphatic carbocycles. The summed E-state index contributed by atoms with van der Waals surface area (Å²) in [4.78, 5) is 2.86. The average molecular weight is 253 g/mol. The Labute approximate surface area is 111 Å². The van der Waals surface area contributed by atoms with E-state index in [1.165, 1.54) is 0 Å². The zero-order valence-electron chi connectivity index (χ0n) is 10.3. The normalized spacial score (nSPS) is 9.47. The van der Waals surface area contributed by atoms with E-state index < -0.39 is 0 Å². The van der Waals surface area contributed by atoms with Crippen LogP contribution in [-0.2, 0) is 0 Å². The van der Waals surface area contributed by atoms with Crippen LogP contribution < -0.4 is 0 Å². The Morgan fingerprint density at radius 1 is 0.579 bits per heavy atom. The van der Waals surface area contributed by atoms with Gasteiger partial charge in [-0.15, -0.1) is 0 Å². The van der Waals surface area contributed by atoms with Gasteiger partial charge in [-0.3, -0.25) is 0 Å². The lowest BCUT2D eigenvalue weighted by atomic mass is 10.0. The van der Waals surface area contributed by atoms with Crippen molar-refractivity contribution >= 4 is 0 Å². The molecule has 0 bridgehead atoms. The number of benzene rings is 2. The first-order valence-corrected chi connectivity index (χ1v) is 5.93. The van der Waals surface area contributed by atoms with Crippen molar-refractivity contribution in [2.75, 3.05) is 0 Å². The maximum atomic E-state index is 9.58. The maximum Gasteiger partial charge on any atom is 0.123 e. The topological polar surface area (TPSA) is 56.2 Å². The third kappa shape index (κ3) is 3.39. The van der Waals surface area contributed by atoms with Gasteiger partial charge in [-0.25, -0.2) is 0 Å². The molecule has 0 aliphatic heterocycles. The van der Waals surface area contributed by atoms with Gasteiger partial charge in [0.15, 0.2) is 0 Å². The van der Waals surface area contributed by atoms with Crippen molar-refractivity contribution in [3.05, 3.63) is 73.1 Å². The first-order valence-electron chi connectivity index (χ1n) is 5.93. The SMILES string of the molecule is Oc1ccccc1-c1ccccc1O.c1cc[nH]c1. The standard InChI is InChI=1S/C12H10O2.C4H5N/c13-11-7-3-1-5-9(11)10-6-2-4-8-12(10)14;1-2-4-5-3-1/h1-8,13-14H;1-5H. The highest BCUT2D eigenvalue weighted by atomic mass is 16.3. The lowest BCUT2D eigenvalue weighted by molar-refractivity contribution is 0.469. The smallest absolute Gasteiger partial charge is 0.123 e. The Kier molecular flexibility index (Phi) is 4.24. The fourth-order valence-corrected chi connectivity index (χ4v) is 1.68. The quantitative estimate of drug-likeness (QED) is 0.618. The van der Waals surface area contributed by atoms with Crippen molar-refractivity contribution in [3.8, 4) is 22.6 Å². The molecule has 0 aliphatic rings. The zero-order chi connectivity index (χ0) is 13.5. The summed E-state index contributed by atoms with van der Waals surface area (Å²) in [5.74, 6) is 0.350. The number of rotatable bonds is 1. The molecule has 2 aromatic carbocycles. The summed E-state index contributed by atoms with van der Waals surface area (Å²) >= 11 is 0. The van der Waals surface area contributed by atoms with Gasteiger partial charge in [0.1, 0.15) is 11.5 Å². The van der Waals surface area contributed by atoms with Crippen molar-refractivity contribution in [2.24, 2.45) is 0 Å². The number of para-hydroxylation sites is 2. The Hall–Kier alpha value is -2.68. The van der Waals surface area contributed by atoms with E-state index in [0.29, 0.717) is 11.1 Å². The monoisotopic (exact) mass is 253 g/mol. The van der Waals surface area contributed by atoms with E-state index >= 15 is 0 Å². The molecular weight excluding hydrogens is 238 g/mol. The molecule has 0 saturated heterocycles. The van der Waals surface area contributed by atoms with Gasteiger partial charge >= 0.3 is 0 Å². The number of H-pyrrole nitrogens is 1. The van der Waals surface area contributed by atoms with Crippen LogP contribution in [-0.4, -0.2) is 15.2 Å². The molecule has 3 aromatic rings. The zero-order valence-corrected chi connectivity index (χ0v) is 10.3. The Morgan fingerprint density at radius 2 is 1.00 bits per heavy atom. The van der Waals surface area contributed by atoms with E-state index in [-0.39, 0.29) is 11.5 Å². The minimum absolute atomic E-state index is 0.175. The average Bonchev–Trinajstić information content (AvgIpc) is 3.00. The number of aromatic nitrogens is 1. The molecular formula is C16H15NO2. The Bertz CT molecular complexity index is 557. The number of aromatic amines is 1. The third-order valence-corrected chi connectivity index (χ3v) is 2.59. The second-order valence-corrected chi connectivity index (χ2v) is 3.92. The van der Waals surface area contributed by atoms with E-state index in [1.54, 1.807) is 36.4 Å². The molecule has 0 fully saturated rings. The van der Waals surface area contributed by atoms with Crippen molar-refractivity contribution in [1.29, 1.82) is 0 Å². The highest BCUT2D eigenvalue weighted by molar-refractivity contribution is 5.74. The fourth-order valence-electron chi connectivity index (χ4n) is 1.68. The third-order valence-electron chi connectivity index (χ3n) is 2.59. The first kappa shape index (κ1) is 12.8. The van der Waals surface area contributed by atoms with E-state index in [2.05, 4.69) is 4.98 Å². The second kappa shape index (κ2) is 6.31. The molecule has 0 amide bonds. The lowest BCUT2D eigenvalue weighted by Gasteiger charge is -2.05. The van der Waals surface area contributed by atoms with Crippen LogP contribution >= 0.6 is 0 Å². The van der Waals surface area contributed by atoms with Crippen LogP contribution in [0.4, 0.5) is 0 Å². The van der Waals surface area contributed by atoms with Crippen LogP contribution in [0.3, 0.4) is 0 Å². The number of hydrogen-bond donors (Lipinski definition) is 3. The molecule has 3 N–H and O–H groups in total. The molecule has 0 radical (unpaired) electrons. The van der Waals surface area contributed by atoms with Crippen molar-refractivity contribution in [2.45, 2.75) is 0 Å². The van der Waals surface area contributed by atoms with E-state index in [1.807, 2.05) is 36.7 Å². The summed E-state index contributed by atoms with van der Waals surface area (Å²) in [6, 6.07) is 17.8. The minimum Gasteiger partial charge on any atom is -0.507 e. The summed E-state index contributed by atoms with van der Waals surface area (Å²) in [5.41, 5.74) is 1.29. The van der Waals surface area contributed by atoms with Crippen LogP contribution in [0.25, 0.3) is 11.1 Å². The maximum absolute atomic E-state index is 9.58. The van der Waals surface area contributed by atoms with E-state index in [4.69, 9.17) is 0 Å². The van der Waals surface area contributed by atoms with Gasteiger partial charge in [0.2, 0.25) is 0 Å². The Morgan fingerprint density at radius 3 is 1.32 bits per heavy atom. The lowest BCUT2D eigenvalue weighted by Crippen LogP contribution is -1.79. The van der Waals surface area contributed by atoms with Crippen LogP contribution in [0.5, 0.6) is 11.5 Å². The Balaban J connectivity index is 0.000000224. The highest BCUT2D eigenvalue weighted by Gasteiger charge is 2.06. The molecule has 3 heteroatoms. The van der Waals surface area contributed by atoms with Crippen LogP contribution in [0.15, 0.2) is 73.1 Å². The fraction of sp³-hybridized carbons (Fsp3) is 0. The molecule has 96 valence electrons. The van der Waals surface area contributed by atoms with Crippen LogP contribution in [0.1, 0.15) is 0 Å². The highest BCUT2D eigenvalue weighted by Crippen LogP contribution is 2.34. The molecule has 3 nitrogen and oxygen atoms in total. The molecule has 1 heterocycles. The van der Waals surface area contributed by atoms with Crippen LogP contribution in [0.2, 0.25) is 0 Å². The van der Waals surface area contributed by atoms with Gasteiger partial charge in [-0.05, 0) is 24.3 Å². The minimum atomic E-state index is 0.175. The molecule has 19 heavy (non-hydrogen) atoms. The van der Waals surface area contributed by atoms with Gasteiger partial charge in [0.05, 0.1) is 0 Å². The van der Waals surface area contributed by atoms with Crippen molar-refractivity contribution < 1.29 is 10.2 Å². The molecule has 0 saturated carbocycles. The van der Waals surface area contributed by atoms with Crippen molar-refractivity contribution in [3.63, 3.8) is 0 Å². The number of hydrogen-bond acceptors (Lipinski definition) is 2. The summed E-state index contributed by atoms with van der Waals surface area (Å²) in [6.07, 6.45) is 3.75. The summed E-state index contributed by atoms with van der Waals surface area (Å²) < 4.78 is 0. The molecule has 1 aromatic heterocycles. The van der Waals surface area contributed by atoms with Gasteiger partial charge in [-0.1, -0.05) is 36.4 Å². The first-order chi connectivity index (χ1) is 9.29. The van der Waals surface area contributed by atoms with Crippen molar-refractivity contribution in [1.82, 2.24) is 4.98 Å². The molecule has 3 rings (SSSR count). The molecule has 0 spiro atoms. The summed E-state index contributed by atoms with van der Waals surface area (Å²) in [7, 11) is 0. The van der Waals surface area contributed by atoms with Gasteiger partial charge in [0, 0.05) is 23.5 Å². The van der Waals surface area contributed by atoms with Crippen LogP contribution in [0, 0.1) is 0 Å². The number of aromatic hydroxyl groups is 2. The second-order valence-electron chi connectivity index (χ2n) is 3.92. The number of nitrogens with one attached hydrogen (secondary N) is 1. The number of phenolic OH excluding ortho intramolecular Hbond substituents is 2. The summed E-state index contributed by atoms with van der Waals surface area (Å²) in [6.45, 7) is 0. The number of phenols is 2. The van der Waals surface area contributed by atoms with E-state index in [0.717, 1.165) is 0 Å². The summed E-state index contributed by atoms with van der Waals surface area (Å²) in [5, 5.41) is 19.2. The van der Waals surface area contributed by atoms with Gasteiger partial charge in [0.25, 0.3) is 0 Å². The van der Waals surface area contributed by atoms with Gasteiger partial charge in [-0.2, -0.15) is 0 Å². The molecule has 0 atom stereocenters. The van der Waals surface area contributed by atoms with Gasteiger partial charge < -0.3 is 15.2 Å². The largest absolute Gasteiger partial charge is 0.507 e.